The number of ketones is 1. The van der Waals surface area contributed by atoms with Crippen molar-refractivity contribution in [3.63, 3.8) is 0 Å². The summed E-state index contributed by atoms with van der Waals surface area (Å²) >= 11 is 0. The number of nitrogens with zero attached hydrogens (tertiary/aromatic N) is 2. The number of hydrogen-bond acceptors (Lipinski definition) is 6. The summed E-state index contributed by atoms with van der Waals surface area (Å²) in [4.78, 5) is 27.4. The van der Waals surface area contributed by atoms with Gasteiger partial charge in [0.15, 0.2) is 11.5 Å². The number of methoxy groups -OCH3 is 2. The average Bonchev–Trinajstić information content (AvgIpc) is 3.12. The van der Waals surface area contributed by atoms with Gasteiger partial charge in [-0.25, -0.2) is 8.42 Å². The van der Waals surface area contributed by atoms with Crippen molar-refractivity contribution in [3.05, 3.63) is 23.8 Å². The van der Waals surface area contributed by atoms with E-state index in [-0.39, 0.29) is 41.9 Å². The Labute approximate surface area is 189 Å². The lowest BCUT2D eigenvalue weighted by molar-refractivity contribution is -0.128. The highest BCUT2D eigenvalue weighted by Gasteiger charge is 2.65. The molecule has 0 N–H and O–H groups in total. The van der Waals surface area contributed by atoms with Gasteiger partial charge in [0, 0.05) is 43.6 Å². The molecule has 2 atom stereocenters. The van der Waals surface area contributed by atoms with Crippen molar-refractivity contribution in [3.8, 4) is 11.5 Å². The largest absolute Gasteiger partial charge is 0.493 e. The molecule has 1 heterocycles. The summed E-state index contributed by atoms with van der Waals surface area (Å²) in [5, 5.41) is 0. The molecule has 1 aromatic rings. The van der Waals surface area contributed by atoms with E-state index in [0.29, 0.717) is 43.0 Å². The number of rotatable bonds is 6. The van der Waals surface area contributed by atoms with E-state index < -0.39 is 15.4 Å². The highest BCUT2D eigenvalue weighted by Crippen LogP contribution is 2.64. The Morgan fingerprint density at radius 1 is 1.09 bits per heavy atom. The fraction of sp³-hybridized carbons (Fsp3) is 0.652. The van der Waals surface area contributed by atoms with Crippen LogP contribution in [0.2, 0.25) is 0 Å². The van der Waals surface area contributed by atoms with Crippen LogP contribution in [-0.2, 0) is 14.8 Å². The molecule has 3 aliphatic rings. The maximum atomic E-state index is 13.3. The molecule has 2 aliphatic carbocycles. The van der Waals surface area contributed by atoms with Crippen LogP contribution < -0.4 is 9.47 Å². The van der Waals surface area contributed by atoms with Crippen molar-refractivity contribution < 1.29 is 27.5 Å². The molecule has 0 spiro atoms. The summed E-state index contributed by atoms with van der Waals surface area (Å²) < 4.78 is 38.5. The van der Waals surface area contributed by atoms with Gasteiger partial charge in [-0.1, -0.05) is 13.8 Å². The second-order valence-corrected chi connectivity index (χ2v) is 11.7. The van der Waals surface area contributed by atoms with E-state index in [0.717, 1.165) is 6.42 Å². The van der Waals surface area contributed by atoms with Crippen LogP contribution in [0.15, 0.2) is 18.2 Å². The number of hydrogen-bond donors (Lipinski definition) is 0. The van der Waals surface area contributed by atoms with Crippen LogP contribution in [0.25, 0.3) is 0 Å². The molecule has 4 rings (SSSR count). The maximum Gasteiger partial charge on any atom is 0.254 e. The molecule has 0 aromatic heterocycles. The normalized spacial score (nSPS) is 27.6. The standard InChI is InChI=1S/C23H32N2O6S/c1-22(2)17-7-8-23(22,20(26)14-17)15-32(28,29)25-11-9-24(10-12-25)21(27)16-5-6-18(30-3)19(13-16)31-4/h5-6,13,17H,7-12,14-15H2,1-4H3. The summed E-state index contributed by atoms with van der Waals surface area (Å²) in [5.41, 5.74) is -0.598. The number of Topliss-reactive ketones (excluding diaryl/α,β-unsaturated/α-hetero) is 1. The van der Waals surface area contributed by atoms with Crippen molar-refractivity contribution in [2.45, 2.75) is 33.1 Å². The second-order valence-electron chi connectivity index (χ2n) is 9.68. The van der Waals surface area contributed by atoms with Crippen molar-refractivity contribution in [1.82, 2.24) is 9.21 Å². The lowest BCUT2D eigenvalue weighted by Crippen LogP contribution is -2.53. The summed E-state index contributed by atoms with van der Waals surface area (Å²) in [6, 6.07) is 4.99. The molecule has 1 amide bonds. The zero-order valence-corrected chi connectivity index (χ0v) is 20.0. The van der Waals surface area contributed by atoms with Crippen molar-refractivity contribution in [2.24, 2.45) is 16.7 Å². The first-order chi connectivity index (χ1) is 15.1. The molecule has 1 saturated heterocycles. The van der Waals surface area contributed by atoms with E-state index in [1.54, 1.807) is 23.1 Å². The Kier molecular flexibility index (Phi) is 5.78. The molecule has 32 heavy (non-hydrogen) atoms. The monoisotopic (exact) mass is 464 g/mol. The summed E-state index contributed by atoms with van der Waals surface area (Å²) in [7, 11) is -0.566. The number of carbonyl (C=O) groups excluding carboxylic acids is 2. The molecule has 176 valence electrons. The Morgan fingerprint density at radius 2 is 1.75 bits per heavy atom. The zero-order chi connectivity index (χ0) is 23.3. The van der Waals surface area contributed by atoms with Gasteiger partial charge >= 0.3 is 0 Å². The topological polar surface area (TPSA) is 93.2 Å². The molecule has 1 aromatic carbocycles. The third kappa shape index (κ3) is 3.50. The third-order valence-corrected chi connectivity index (χ3v) is 10.1. The lowest BCUT2D eigenvalue weighted by Gasteiger charge is -2.39. The van der Waals surface area contributed by atoms with Gasteiger partial charge < -0.3 is 14.4 Å². The number of sulfonamides is 1. The van der Waals surface area contributed by atoms with Gasteiger partial charge in [0.05, 0.1) is 20.0 Å². The van der Waals surface area contributed by atoms with Crippen LogP contribution in [0.3, 0.4) is 0 Å². The molecule has 8 nitrogen and oxygen atoms in total. The minimum Gasteiger partial charge on any atom is -0.493 e. The van der Waals surface area contributed by atoms with Crippen LogP contribution in [0.5, 0.6) is 11.5 Å². The molecule has 3 fully saturated rings. The SMILES string of the molecule is COc1ccc(C(=O)N2CCN(S(=O)(=O)CC34CCC(CC3=O)C4(C)C)CC2)cc1OC. The van der Waals surface area contributed by atoms with Gasteiger partial charge in [-0.3, -0.25) is 9.59 Å². The zero-order valence-electron chi connectivity index (χ0n) is 19.2. The smallest absolute Gasteiger partial charge is 0.254 e. The van der Waals surface area contributed by atoms with E-state index in [2.05, 4.69) is 0 Å². The van der Waals surface area contributed by atoms with Crippen LogP contribution >= 0.6 is 0 Å². The average molecular weight is 465 g/mol. The quantitative estimate of drug-likeness (QED) is 0.641. The van der Waals surface area contributed by atoms with Crippen molar-refractivity contribution in [2.75, 3.05) is 46.2 Å². The van der Waals surface area contributed by atoms with Crippen LogP contribution in [0.4, 0.5) is 0 Å². The maximum absolute atomic E-state index is 13.3. The highest BCUT2D eigenvalue weighted by atomic mass is 32.2. The Morgan fingerprint density at radius 3 is 2.28 bits per heavy atom. The third-order valence-electron chi connectivity index (χ3n) is 8.12. The fourth-order valence-corrected chi connectivity index (χ4v) is 8.03. The molecule has 0 radical (unpaired) electrons. The Hall–Kier alpha value is -2.13. The summed E-state index contributed by atoms with van der Waals surface area (Å²) in [6.07, 6.45) is 2.07. The van der Waals surface area contributed by atoms with Crippen molar-refractivity contribution in [1.29, 1.82) is 0 Å². The molecule has 2 bridgehead atoms. The summed E-state index contributed by atoms with van der Waals surface area (Å²) in [5.74, 6) is 1.10. The fourth-order valence-electron chi connectivity index (χ4n) is 5.83. The first-order valence-corrected chi connectivity index (χ1v) is 12.7. The van der Waals surface area contributed by atoms with Gasteiger partial charge in [-0.2, -0.15) is 4.31 Å². The minimum atomic E-state index is -3.61. The first kappa shape index (κ1) is 23.0. The van der Waals surface area contributed by atoms with Crippen LogP contribution in [0, 0.1) is 16.7 Å². The van der Waals surface area contributed by atoms with E-state index in [1.165, 1.54) is 18.5 Å². The molecule has 2 saturated carbocycles. The molecule has 9 heteroatoms. The van der Waals surface area contributed by atoms with E-state index in [4.69, 9.17) is 9.47 Å². The van der Waals surface area contributed by atoms with Crippen LogP contribution in [0.1, 0.15) is 43.5 Å². The number of piperazine rings is 1. The predicted octanol–water partition coefficient (Wildman–Crippen LogP) is 2.19. The molecule has 2 unspecified atom stereocenters. The van der Waals surface area contributed by atoms with Crippen LogP contribution in [-0.4, -0.2) is 75.5 Å². The molecule has 1 aliphatic heterocycles. The number of amides is 1. The first-order valence-electron chi connectivity index (χ1n) is 11.1. The van der Waals surface area contributed by atoms with Crippen molar-refractivity contribution >= 4 is 21.7 Å². The van der Waals surface area contributed by atoms with Gasteiger partial charge in [0.2, 0.25) is 10.0 Å². The van der Waals surface area contributed by atoms with Gasteiger partial charge in [0.25, 0.3) is 5.91 Å². The number of ether oxygens (including phenoxy) is 2. The molecular formula is C23H32N2O6S. The predicted molar refractivity (Wildman–Crippen MR) is 119 cm³/mol. The Balaban J connectivity index is 1.43. The number of fused-ring (bicyclic) bond motifs is 2. The van der Waals surface area contributed by atoms with Gasteiger partial charge in [-0.05, 0) is 42.4 Å². The van der Waals surface area contributed by atoms with E-state index in [1.807, 2.05) is 13.8 Å². The summed E-state index contributed by atoms with van der Waals surface area (Å²) in [6.45, 7) is 5.17. The van der Waals surface area contributed by atoms with Gasteiger partial charge in [-0.15, -0.1) is 0 Å². The Bertz CT molecular complexity index is 1030. The van der Waals surface area contributed by atoms with E-state index >= 15 is 0 Å². The number of benzene rings is 1. The second kappa shape index (κ2) is 8.02. The van der Waals surface area contributed by atoms with E-state index in [9.17, 15) is 18.0 Å². The highest BCUT2D eigenvalue weighted by molar-refractivity contribution is 7.89. The number of carbonyl (C=O) groups is 2. The minimum absolute atomic E-state index is 0.101. The molecular weight excluding hydrogens is 432 g/mol. The lowest BCUT2D eigenvalue weighted by atomic mass is 9.70. The van der Waals surface area contributed by atoms with Gasteiger partial charge in [0.1, 0.15) is 5.78 Å².